The van der Waals surface area contributed by atoms with E-state index < -0.39 is 0 Å². The van der Waals surface area contributed by atoms with Gasteiger partial charge in [0.05, 0.1) is 0 Å². The second-order valence-corrected chi connectivity index (χ2v) is 8.50. The lowest BCUT2D eigenvalue weighted by atomic mass is 9.68. The van der Waals surface area contributed by atoms with Gasteiger partial charge < -0.3 is 0 Å². The molecule has 0 amide bonds. The molecule has 2 saturated carbocycles. The molecule has 1 heteroatoms. The zero-order chi connectivity index (χ0) is 17.5. The third kappa shape index (κ3) is 5.69. The molecule has 0 aliphatic heterocycles. The number of allylic oxidation sites excluding steroid dienone is 1. The molecule has 0 spiro atoms. The smallest absolute Gasteiger partial charge is 0.123 e. The summed E-state index contributed by atoms with van der Waals surface area (Å²) >= 11 is 0. The molecule has 0 N–H and O–H groups in total. The van der Waals surface area contributed by atoms with E-state index in [1.54, 1.807) is 0 Å². The van der Waals surface area contributed by atoms with E-state index in [0.29, 0.717) is 0 Å². The zero-order valence-corrected chi connectivity index (χ0v) is 15.9. The van der Waals surface area contributed by atoms with Crippen molar-refractivity contribution in [1.29, 1.82) is 0 Å². The Balaban J connectivity index is 1.33. The molecular formula is C24H35F. The standard InChI is InChI=1S/C24H35F/c1-2-19-7-13-22(14-8-19)23-15-9-20(10-16-23)5-3-4-6-21-11-17-24(25)18-12-21/h4,6,11-12,17-20,22-23H,2-3,5,7-10,13-16H2,1H3. The van der Waals surface area contributed by atoms with Crippen molar-refractivity contribution in [1.82, 2.24) is 0 Å². The topological polar surface area (TPSA) is 0 Å². The van der Waals surface area contributed by atoms with Crippen LogP contribution in [0.15, 0.2) is 30.3 Å². The van der Waals surface area contributed by atoms with Crippen molar-refractivity contribution in [3.63, 3.8) is 0 Å². The second kappa shape index (κ2) is 9.55. The van der Waals surface area contributed by atoms with Crippen molar-refractivity contribution in [3.8, 4) is 0 Å². The SMILES string of the molecule is CCC1CCC(C2CCC(CCC=Cc3ccc(F)cc3)CC2)CC1. The van der Waals surface area contributed by atoms with Gasteiger partial charge in [0.15, 0.2) is 0 Å². The van der Waals surface area contributed by atoms with Gasteiger partial charge in [-0.2, -0.15) is 0 Å². The molecule has 0 radical (unpaired) electrons. The number of benzene rings is 1. The van der Waals surface area contributed by atoms with E-state index in [2.05, 4.69) is 19.1 Å². The van der Waals surface area contributed by atoms with E-state index in [1.807, 2.05) is 12.1 Å². The third-order valence-corrected chi connectivity index (χ3v) is 6.95. The Morgan fingerprint density at radius 2 is 1.40 bits per heavy atom. The van der Waals surface area contributed by atoms with Crippen molar-refractivity contribution < 1.29 is 4.39 Å². The highest BCUT2D eigenvalue weighted by atomic mass is 19.1. The summed E-state index contributed by atoms with van der Waals surface area (Å²) in [6.07, 6.45) is 20.1. The van der Waals surface area contributed by atoms with Gasteiger partial charge in [0.1, 0.15) is 5.82 Å². The highest BCUT2D eigenvalue weighted by Crippen LogP contribution is 2.42. The fourth-order valence-electron chi connectivity index (χ4n) is 5.14. The molecule has 138 valence electrons. The lowest BCUT2D eigenvalue weighted by Crippen LogP contribution is -2.25. The fourth-order valence-corrected chi connectivity index (χ4v) is 5.14. The Morgan fingerprint density at radius 1 is 0.840 bits per heavy atom. The Hall–Kier alpha value is -1.11. The molecule has 0 unspecified atom stereocenters. The van der Waals surface area contributed by atoms with Gasteiger partial charge in [-0.3, -0.25) is 0 Å². The first-order chi connectivity index (χ1) is 12.2. The molecule has 2 fully saturated rings. The monoisotopic (exact) mass is 342 g/mol. The van der Waals surface area contributed by atoms with Crippen molar-refractivity contribution >= 4 is 6.08 Å². The summed E-state index contributed by atoms with van der Waals surface area (Å²) in [4.78, 5) is 0. The molecule has 1 aromatic carbocycles. The normalized spacial score (nSPS) is 30.6. The predicted molar refractivity (Wildman–Crippen MR) is 106 cm³/mol. The molecular weight excluding hydrogens is 307 g/mol. The van der Waals surface area contributed by atoms with Crippen molar-refractivity contribution in [3.05, 3.63) is 41.7 Å². The average Bonchev–Trinajstić information content (AvgIpc) is 2.67. The summed E-state index contributed by atoms with van der Waals surface area (Å²) in [6.45, 7) is 2.36. The first-order valence-corrected chi connectivity index (χ1v) is 10.7. The molecule has 3 rings (SSSR count). The predicted octanol–water partition coefficient (Wildman–Crippen LogP) is 7.64. The maximum atomic E-state index is 12.9. The van der Waals surface area contributed by atoms with E-state index >= 15 is 0 Å². The third-order valence-electron chi connectivity index (χ3n) is 6.95. The summed E-state index contributed by atoms with van der Waals surface area (Å²) in [5.74, 6) is 3.88. The van der Waals surface area contributed by atoms with Crippen LogP contribution in [-0.4, -0.2) is 0 Å². The van der Waals surface area contributed by atoms with Gasteiger partial charge in [-0.15, -0.1) is 0 Å². The fraction of sp³-hybridized carbons (Fsp3) is 0.667. The minimum Gasteiger partial charge on any atom is -0.207 e. The molecule has 25 heavy (non-hydrogen) atoms. The first kappa shape index (κ1) is 18.7. The quantitative estimate of drug-likeness (QED) is 0.498. The van der Waals surface area contributed by atoms with E-state index in [0.717, 1.165) is 35.7 Å². The highest BCUT2D eigenvalue weighted by molar-refractivity contribution is 5.48. The van der Waals surface area contributed by atoms with Crippen LogP contribution in [0.4, 0.5) is 4.39 Å². The van der Waals surface area contributed by atoms with E-state index in [1.165, 1.54) is 76.3 Å². The number of hydrogen-bond donors (Lipinski definition) is 0. The van der Waals surface area contributed by atoms with Crippen LogP contribution in [-0.2, 0) is 0 Å². The number of hydrogen-bond acceptors (Lipinski definition) is 0. The van der Waals surface area contributed by atoms with Gasteiger partial charge in [0.25, 0.3) is 0 Å². The lowest BCUT2D eigenvalue weighted by molar-refractivity contribution is 0.143. The minimum absolute atomic E-state index is 0.155. The summed E-state index contributed by atoms with van der Waals surface area (Å²) in [5, 5.41) is 0. The molecule has 0 atom stereocenters. The zero-order valence-electron chi connectivity index (χ0n) is 15.9. The summed E-state index contributed by atoms with van der Waals surface area (Å²) in [5.41, 5.74) is 1.10. The van der Waals surface area contributed by atoms with Crippen LogP contribution in [0.1, 0.15) is 83.1 Å². The van der Waals surface area contributed by atoms with Crippen LogP contribution >= 0.6 is 0 Å². The molecule has 0 nitrogen and oxygen atoms in total. The van der Waals surface area contributed by atoms with Crippen LogP contribution in [0.5, 0.6) is 0 Å². The minimum atomic E-state index is -0.155. The first-order valence-electron chi connectivity index (χ1n) is 10.7. The van der Waals surface area contributed by atoms with E-state index in [-0.39, 0.29) is 5.82 Å². The average molecular weight is 343 g/mol. The van der Waals surface area contributed by atoms with Gasteiger partial charge in [0, 0.05) is 0 Å². The number of halogens is 1. The van der Waals surface area contributed by atoms with Gasteiger partial charge in [-0.1, -0.05) is 63.3 Å². The maximum Gasteiger partial charge on any atom is 0.123 e. The van der Waals surface area contributed by atoms with Crippen LogP contribution in [0, 0.1) is 29.5 Å². The van der Waals surface area contributed by atoms with Gasteiger partial charge in [0.2, 0.25) is 0 Å². The van der Waals surface area contributed by atoms with Crippen LogP contribution in [0.25, 0.3) is 6.08 Å². The van der Waals surface area contributed by atoms with Crippen LogP contribution < -0.4 is 0 Å². The Kier molecular flexibility index (Phi) is 7.13. The van der Waals surface area contributed by atoms with Gasteiger partial charge in [-0.25, -0.2) is 4.39 Å². The summed E-state index contributed by atoms with van der Waals surface area (Å²) in [7, 11) is 0. The van der Waals surface area contributed by atoms with E-state index in [4.69, 9.17) is 0 Å². The van der Waals surface area contributed by atoms with Crippen molar-refractivity contribution in [2.45, 2.75) is 77.6 Å². The second-order valence-electron chi connectivity index (χ2n) is 8.50. The molecule has 2 aliphatic carbocycles. The molecule has 0 heterocycles. The molecule has 1 aromatic rings. The van der Waals surface area contributed by atoms with Gasteiger partial charge in [-0.05, 0) is 79.9 Å². The Labute approximate surface area is 153 Å². The molecule has 0 bridgehead atoms. The lowest BCUT2D eigenvalue weighted by Gasteiger charge is -2.37. The molecule has 0 saturated heterocycles. The largest absolute Gasteiger partial charge is 0.207 e. The van der Waals surface area contributed by atoms with Crippen molar-refractivity contribution in [2.75, 3.05) is 0 Å². The van der Waals surface area contributed by atoms with Crippen LogP contribution in [0.2, 0.25) is 0 Å². The molecule has 0 aromatic heterocycles. The van der Waals surface area contributed by atoms with Gasteiger partial charge >= 0.3 is 0 Å². The highest BCUT2D eigenvalue weighted by Gasteiger charge is 2.30. The number of rotatable bonds is 6. The van der Waals surface area contributed by atoms with E-state index in [9.17, 15) is 4.39 Å². The van der Waals surface area contributed by atoms with Crippen molar-refractivity contribution in [2.24, 2.45) is 23.7 Å². The summed E-state index contributed by atoms with van der Waals surface area (Å²) < 4.78 is 12.9. The molecule has 2 aliphatic rings. The van der Waals surface area contributed by atoms with Crippen LogP contribution in [0.3, 0.4) is 0 Å². The Bertz CT molecular complexity index is 514. The summed E-state index contributed by atoms with van der Waals surface area (Å²) in [6, 6.07) is 6.78. The maximum absolute atomic E-state index is 12.9. The Morgan fingerprint density at radius 3 is 1.96 bits per heavy atom.